The van der Waals surface area contributed by atoms with E-state index in [1.54, 1.807) is 0 Å². The molecule has 0 radical (unpaired) electrons. The summed E-state index contributed by atoms with van der Waals surface area (Å²) in [6.07, 6.45) is 3.89. The van der Waals surface area contributed by atoms with Crippen LogP contribution < -0.4 is 0 Å². The van der Waals surface area contributed by atoms with Gasteiger partial charge in [-0.05, 0) is 42.3 Å². The molecule has 2 nitrogen and oxygen atoms in total. The normalized spacial score (nSPS) is 11.4. The van der Waals surface area contributed by atoms with E-state index in [1.165, 1.54) is 11.6 Å². The second-order valence-corrected chi connectivity index (χ2v) is 5.83. The largest absolute Gasteiger partial charge is 0.504 e. The average Bonchev–Trinajstić information content (AvgIpc) is 2.52. The lowest BCUT2D eigenvalue weighted by atomic mass is 10.1. The molecule has 0 saturated heterocycles. The van der Waals surface area contributed by atoms with Gasteiger partial charge in [0.05, 0.1) is 15.7 Å². The Morgan fingerprint density at radius 2 is 1.77 bits per heavy atom. The number of nitrogens with zero attached hydrogens (tertiary/aromatic N) is 1. The van der Waals surface area contributed by atoms with Crippen molar-refractivity contribution >= 4 is 46.3 Å². The van der Waals surface area contributed by atoms with E-state index in [1.807, 2.05) is 42.5 Å². The van der Waals surface area contributed by atoms with Crippen molar-refractivity contribution in [3.05, 3.63) is 69.3 Å². The molecule has 0 fully saturated rings. The predicted octanol–water partition coefficient (Wildman–Crippen LogP) is 5.73. The maximum Gasteiger partial charge on any atom is 0.160 e. The van der Waals surface area contributed by atoms with Gasteiger partial charge in [-0.2, -0.15) is 0 Å². The summed E-state index contributed by atoms with van der Waals surface area (Å²) in [5.41, 5.74) is 3.44. The lowest BCUT2D eigenvalue weighted by molar-refractivity contribution is 0.480. The number of hydrogen-bond acceptors (Lipinski definition) is 2. The van der Waals surface area contributed by atoms with Crippen molar-refractivity contribution in [2.75, 3.05) is 0 Å². The SMILES string of the molecule is Cc1ccccc1C=Cc1ccc2c(Cl)cc(Cl)c(O)c2n1. The van der Waals surface area contributed by atoms with Crippen LogP contribution in [-0.2, 0) is 0 Å². The molecule has 0 unspecified atom stereocenters. The molecule has 0 bridgehead atoms. The van der Waals surface area contributed by atoms with Gasteiger partial charge in [0.15, 0.2) is 5.75 Å². The molecule has 22 heavy (non-hydrogen) atoms. The van der Waals surface area contributed by atoms with E-state index >= 15 is 0 Å². The Morgan fingerprint density at radius 3 is 2.55 bits per heavy atom. The van der Waals surface area contributed by atoms with Gasteiger partial charge in [-0.3, -0.25) is 0 Å². The number of rotatable bonds is 2. The standard InChI is InChI=1S/C18H13Cl2NO/c1-11-4-2-3-5-12(11)6-7-13-8-9-14-15(19)10-16(20)18(22)17(14)21-13/h2-10,22H,1H3. The highest BCUT2D eigenvalue weighted by Gasteiger charge is 2.10. The molecule has 4 heteroatoms. The van der Waals surface area contributed by atoms with Crippen molar-refractivity contribution in [2.24, 2.45) is 0 Å². The van der Waals surface area contributed by atoms with Gasteiger partial charge in [-0.25, -0.2) is 4.98 Å². The highest BCUT2D eigenvalue weighted by Crippen LogP contribution is 2.36. The predicted molar refractivity (Wildman–Crippen MR) is 93.5 cm³/mol. The molecule has 1 N–H and O–H groups in total. The minimum absolute atomic E-state index is 0.0489. The summed E-state index contributed by atoms with van der Waals surface area (Å²) in [6.45, 7) is 2.05. The summed E-state index contributed by atoms with van der Waals surface area (Å²) in [7, 11) is 0. The second-order valence-electron chi connectivity index (χ2n) is 5.01. The molecule has 0 aliphatic rings. The smallest absolute Gasteiger partial charge is 0.160 e. The van der Waals surface area contributed by atoms with Gasteiger partial charge in [0.25, 0.3) is 0 Å². The Balaban J connectivity index is 2.06. The number of phenolic OH excluding ortho intramolecular Hbond substituents is 1. The molecular formula is C18H13Cl2NO. The first-order chi connectivity index (χ1) is 10.6. The van der Waals surface area contributed by atoms with Crippen molar-refractivity contribution in [3.8, 4) is 5.75 Å². The van der Waals surface area contributed by atoms with Crippen molar-refractivity contribution < 1.29 is 5.11 Å². The third-order valence-electron chi connectivity index (χ3n) is 3.50. The van der Waals surface area contributed by atoms with Crippen molar-refractivity contribution in [3.63, 3.8) is 0 Å². The molecule has 1 aromatic heterocycles. The fraction of sp³-hybridized carbons (Fsp3) is 0.0556. The van der Waals surface area contributed by atoms with E-state index in [0.29, 0.717) is 15.9 Å². The molecular weight excluding hydrogens is 317 g/mol. The molecule has 0 saturated carbocycles. The monoisotopic (exact) mass is 329 g/mol. The number of aromatic hydroxyl groups is 1. The Kier molecular flexibility index (Phi) is 4.06. The van der Waals surface area contributed by atoms with Crippen LogP contribution in [0.2, 0.25) is 10.0 Å². The van der Waals surface area contributed by atoms with Gasteiger partial charge in [0.2, 0.25) is 0 Å². The van der Waals surface area contributed by atoms with Crippen LogP contribution in [0.25, 0.3) is 23.1 Å². The second kappa shape index (κ2) is 5.99. The quantitative estimate of drug-likeness (QED) is 0.651. The number of aryl methyl sites for hydroxylation is 1. The maximum atomic E-state index is 10.1. The minimum atomic E-state index is -0.0489. The highest BCUT2D eigenvalue weighted by atomic mass is 35.5. The Bertz CT molecular complexity index is 888. The van der Waals surface area contributed by atoms with Crippen LogP contribution in [0.5, 0.6) is 5.75 Å². The van der Waals surface area contributed by atoms with Crippen molar-refractivity contribution in [1.29, 1.82) is 0 Å². The summed E-state index contributed by atoms with van der Waals surface area (Å²) >= 11 is 12.1. The van der Waals surface area contributed by atoms with Crippen LogP contribution in [0, 0.1) is 6.92 Å². The number of fused-ring (bicyclic) bond motifs is 1. The third kappa shape index (κ3) is 2.80. The molecule has 1 heterocycles. The molecule has 0 atom stereocenters. The first-order valence-corrected chi connectivity index (χ1v) is 7.53. The van der Waals surface area contributed by atoms with E-state index in [9.17, 15) is 5.11 Å². The fourth-order valence-corrected chi connectivity index (χ4v) is 2.78. The summed E-state index contributed by atoms with van der Waals surface area (Å²) < 4.78 is 0. The minimum Gasteiger partial charge on any atom is -0.504 e. The van der Waals surface area contributed by atoms with Gasteiger partial charge in [-0.15, -0.1) is 0 Å². The summed E-state index contributed by atoms with van der Waals surface area (Å²) in [4.78, 5) is 4.44. The van der Waals surface area contributed by atoms with Crippen molar-refractivity contribution in [1.82, 2.24) is 4.98 Å². The number of benzene rings is 2. The molecule has 3 rings (SSSR count). The molecule has 0 aliphatic heterocycles. The third-order valence-corrected chi connectivity index (χ3v) is 4.10. The zero-order valence-electron chi connectivity index (χ0n) is 11.8. The Morgan fingerprint density at radius 1 is 1.00 bits per heavy atom. The number of pyridine rings is 1. The topological polar surface area (TPSA) is 33.1 Å². The van der Waals surface area contributed by atoms with Crippen LogP contribution in [0.3, 0.4) is 0 Å². The van der Waals surface area contributed by atoms with Crippen LogP contribution in [0.4, 0.5) is 0 Å². The number of aromatic nitrogens is 1. The van der Waals surface area contributed by atoms with Gasteiger partial charge < -0.3 is 5.11 Å². The lowest BCUT2D eigenvalue weighted by Crippen LogP contribution is -1.86. The Labute approximate surface area is 138 Å². The number of hydrogen-bond donors (Lipinski definition) is 1. The molecule has 110 valence electrons. The molecule has 0 aliphatic carbocycles. The van der Waals surface area contributed by atoms with E-state index in [0.717, 1.165) is 11.3 Å². The van der Waals surface area contributed by atoms with Gasteiger partial charge in [-0.1, -0.05) is 53.5 Å². The van der Waals surface area contributed by atoms with Gasteiger partial charge in [0, 0.05) is 5.39 Å². The zero-order valence-corrected chi connectivity index (χ0v) is 13.4. The molecule has 3 aromatic rings. The van der Waals surface area contributed by atoms with E-state index in [2.05, 4.69) is 18.0 Å². The first kappa shape index (κ1) is 14.9. The average molecular weight is 330 g/mol. The zero-order chi connectivity index (χ0) is 15.7. The first-order valence-electron chi connectivity index (χ1n) is 6.77. The van der Waals surface area contributed by atoms with E-state index in [4.69, 9.17) is 23.2 Å². The summed E-state index contributed by atoms with van der Waals surface area (Å²) in [5.74, 6) is -0.0489. The summed E-state index contributed by atoms with van der Waals surface area (Å²) in [5, 5.41) is 11.4. The molecule has 0 spiro atoms. The van der Waals surface area contributed by atoms with Crippen LogP contribution in [-0.4, -0.2) is 10.1 Å². The van der Waals surface area contributed by atoms with Crippen LogP contribution in [0.1, 0.15) is 16.8 Å². The Hall–Kier alpha value is -2.03. The van der Waals surface area contributed by atoms with Gasteiger partial charge >= 0.3 is 0 Å². The highest BCUT2D eigenvalue weighted by molar-refractivity contribution is 6.39. The summed E-state index contributed by atoms with van der Waals surface area (Å²) in [6, 6.07) is 13.3. The fourth-order valence-electron chi connectivity index (χ4n) is 2.26. The number of phenols is 1. The van der Waals surface area contributed by atoms with Gasteiger partial charge in [0.1, 0.15) is 5.52 Å². The lowest BCUT2D eigenvalue weighted by Gasteiger charge is -2.06. The molecule has 0 amide bonds. The molecule has 2 aromatic carbocycles. The van der Waals surface area contributed by atoms with Crippen LogP contribution in [0.15, 0.2) is 42.5 Å². The number of halogens is 2. The maximum absolute atomic E-state index is 10.1. The van der Waals surface area contributed by atoms with Crippen molar-refractivity contribution in [2.45, 2.75) is 6.92 Å². The van der Waals surface area contributed by atoms with E-state index < -0.39 is 0 Å². The van der Waals surface area contributed by atoms with E-state index in [-0.39, 0.29) is 10.8 Å². The van der Waals surface area contributed by atoms with Crippen LogP contribution >= 0.6 is 23.2 Å².